The fourth-order valence-electron chi connectivity index (χ4n) is 4.64. The second-order valence-corrected chi connectivity index (χ2v) is 8.31. The van der Waals surface area contributed by atoms with Gasteiger partial charge in [0, 0.05) is 26.1 Å². The van der Waals surface area contributed by atoms with E-state index < -0.39 is 0 Å². The SMILES string of the molecule is CCC(CC)NC(=O)OC[C@@H]1[C@@H]2CCc3c(nnn3CCCC(=O)NC)CC[C@@H]21. The third-order valence-electron chi connectivity index (χ3n) is 6.62. The van der Waals surface area contributed by atoms with Gasteiger partial charge in [-0.1, -0.05) is 19.1 Å². The van der Waals surface area contributed by atoms with Crippen LogP contribution in [0, 0.1) is 17.8 Å². The van der Waals surface area contributed by atoms with Crippen molar-refractivity contribution in [2.75, 3.05) is 13.7 Å². The Hall–Kier alpha value is -2.12. The summed E-state index contributed by atoms with van der Waals surface area (Å²) in [6.07, 6.45) is 6.89. The number of aromatic nitrogens is 3. The van der Waals surface area contributed by atoms with Crippen LogP contribution in [0.3, 0.4) is 0 Å². The molecule has 3 atom stereocenters. The van der Waals surface area contributed by atoms with E-state index in [1.807, 2.05) is 4.68 Å². The standard InChI is InChI=1S/C21H35N5O3/c1-4-14(5-2)23-21(28)29-13-17-15-8-10-18-19(11-9-16(15)17)26(25-24-18)12-6-7-20(27)22-3/h14-17H,4-13H2,1-3H3,(H,22,27)(H,23,28)/t15-,16+,17-/m0/s1. The Balaban J connectivity index is 1.46. The molecule has 8 nitrogen and oxygen atoms in total. The molecule has 0 aliphatic heterocycles. The molecule has 2 aliphatic rings. The maximum atomic E-state index is 12.0. The fourth-order valence-corrected chi connectivity index (χ4v) is 4.64. The molecule has 1 aromatic heterocycles. The van der Waals surface area contributed by atoms with Crippen molar-refractivity contribution in [2.24, 2.45) is 17.8 Å². The van der Waals surface area contributed by atoms with E-state index in [1.54, 1.807) is 7.05 Å². The van der Waals surface area contributed by atoms with Gasteiger partial charge in [0.1, 0.15) is 0 Å². The molecule has 8 heteroatoms. The van der Waals surface area contributed by atoms with Gasteiger partial charge in [0.15, 0.2) is 0 Å². The molecule has 0 spiro atoms. The van der Waals surface area contributed by atoms with Crippen LogP contribution >= 0.6 is 0 Å². The monoisotopic (exact) mass is 405 g/mol. The van der Waals surface area contributed by atoms with Crippen LogP contribution in [0.1, 0.15) is 63.8 Å². The van der Waals surface area contributed by atoms with Gasteiger partial charge < -0.3 is 15.4 Å². The van der Waals surface area contributed by atoms with Crippen molar-refractivity contribution in [3.63, 3.8) is 0 Å². The predicted octanol–water partition coefficient (Wildman–Crippen LogP) is 2.46. The van der Waals surface area contributed by atoms with Crippen molar-refractivity contribution in [3.05, 3.63) is 11.4 Å². The molecular formula is C21H35N5O3. The molecular weight excluding hydrogens is 370 g/mol. The summed E-state index contributed by atoms with van der Waals surface area (Å²) in [7, 11) is 1.66. The number of aryl methyl sites for hydroxylation is 2. The average Bonchev–Trinajstić information content (AvgIpc) is 3.23. The van der Waals surface area contributed by atoms with Crippen LogP contribution in [0.15, 0.2) is 0 Å². The number of hydrogen-bond acceptors (Lipinski definition) is 5. The number of hydrogen-bond donors (Lipinski definition) is 2. The minimum absolute atomic E-state index is 0.0601. The molecule has 0 radical (unpaired) electrons. The van der Waals surface area contributed by atoms with Crippen LogP contribution in [0.2, 0.25) is 0 Å². The Morgan fingerprint density at radius 1 is 1.21 bits per heavy atom. The third-order valence-corrected chi connectivity index (χ3v) is 6.62. The second kappa shape index (κ2) is 10.1. The minimum atomic E-state index is -0.283. The molecule has 0 unspecified atom stereocenters. The van der Waals surface area contributed by atoms with Crippen LogP contribution in [-0.4, -0.2) is 46.7 Å². The fraction of sp³-hybridized carbons (Fsp3) is 0.810. The number of fused-ring (bicyclic) bond motifs is 2. The number of carbonyl (C=O) groups is 2. The summed E-state index contributed by atoms with van der Waals surface area (Å²) in [4.78, 5) is 23.4. The van der Waals surface area contributed by atoms with Gasteiger partial charge in [0.25, 0.3) is 0 Å². The van der Waals surface area contributed by atoms with E-state index in [9.17, 15) is 9.59 Å². The summed E-state index contributed by atoms with van der Waals surface area (Å²) in [6.45, 7) is 5.39. The number of amides is 2. The van der Waals surface area contributed by atoms with Gasteiger partial charge in [-0.25, -0.2) is 9.48 Å². The quantitative estimate of drug-likeness (QED) is 0.658. The van der Waals surface area contributed by atoms with Crippen LogP contribution in [0.4, 0.5) is 4.79 Å². The molecule has 2 aliphatic carbocycles. The zero-order chi connectivity index (χ0) is 20.8. The molecule has 1 aromatic rings. The number of nitrogens with one attached hydrogen (secondary N) is 2. The maximum Gasteiger partial charge on any atom is 0.407 e. The third kappa shape index (κ3) is 5.48. The largest absolute Gasteiger partial charge is 0.449 e. The van der Waals surface area contributed by atoms with E-state index in [0.717, 1.165) is 57.2 Å². The van der Waals surface area contributed by atoms with Gasteiger partial charge in [0.05, 0.1) is 18.0 Å². The van der Waals surface area contributed by atoms with Gasteiger partial charge >= 0.3 is 6.09 Å². The van der Waals surface area contributed by atoms with Gasteiger partial charge in [-0.3, -0.25) is 4.79 Å². The van der Waals surface area contributed by atoms with Gasteiger partial charge in [-0.15, -0.1) is 5.10 Å². The van der Waals surface area contributed by atoms with Crippen LogP contribution in [0.25, 0.3) is 0 Å². The molecule has 162 valence electrons. The van der Waals surface area contributed by atoms with Gasteiger partial charge in [-0.05, 0) is 62.7 Å². The summed E-state index contributed by atoms with van der Waals surface area (Å²) in [6, 6.07) is 0.197. The van der Waals surface area contributed by atoms with E-state index in [2.05, 4.69) is 34.8 Å². The van der Waals surface area contributed by atoms with Crippen LogP contribution in [0.5, 0.6) is 0 Å². The van der Waals surface area contributed by atoms with E-state index >= 15 is 0 Å². The van der Waals surface area contributed by atoms with E-state index in [0.29, 0.717) is 30.8 Å². The summed E-state index contributed by atoms with van der Waals surface area (Å²) in [5.74, 6) is 1.78. The van der Waals surface area contributed by atoms with Gasteiger partial charge in [-0.2, -0.15) is 0 Å². The van der Waals surface area contributed by atoms with Crippen molar-refractivity contribution in [3.8, 4) is 0 Å². The van der Waals surface area contributed by atoms with Crippen molar-refractivity contribution in [2.45, 2.75) is 77.8 Å². The summed E-state index contributed by atoms with van der Waals surface area (Å²) in [5.41, 5.74) is 2.32. The average molecular weight is 406 g/mol. The Labute approximate surface area is 173 Å². The van der Waals surface area contributed by atoms with Crippen LogP contribution < -0.4 is 10.6 Å². The lowest BCUT2D eigenvalue weighted by Crippen LogP contribution is -2.34. The molecule has 0 saturated heterocycles. The topological polar surface area (TPSA) is 98.1 Å². The first-order chi connectivity index (χ1) is 14.1. The highest BCUT2D eigenvalue weighted by Crippen LogP contribution is 2.52. The molecule has 1 fully saturated rings. The first-order valence-corrected chi connectivity index (χ1v) is 11.1. The summed E-state index contributed by atoms with van der Waals surface area (Å²) < 4.78 is 7.50. The number of rotatable bonds is 9. The van der Waals surface area contributed by atoms with Crippen LogP contribution in [-0.2, 0) is 28.9 Å². The summed E-state index contributed by atoms with van der Waals surface area (Å²) >= 11 is 0. The lowest BCUT2D eigenvalue weighted by Gasteiger charge is -2.14. The Kier molecular flexibility index (Phi) is 7.50. The van der Waals surface area contributed by atoms with E-state index in [-0.39, 0.29) is 18.0 Å². The molecule has 2 N–H and O–H groups in total. The maximum absolute atomic E-state index is 12.0. The smallest absolute Gasteiger partial charge is 0.407 e. The zero-order valence-corrected chi connectivity index (χ0v) is 17.9. The van der Waals surface area contributed by atoms with Crippen molar-refractivity contribution < 1.29 is 14.3 Å². The second-order valence-electron chi connectivity index (χ2n) is 8.31. The first kappa shape index (κ1) is 21.6. The summed E-state index contributed by atoms with van der Waals surface area (Å²) in [5, 5.41) is 14.3. The minimum Gasteiger partial charge on any atom is -0.449 e. The molecule has 1 saturated carbocycles. The number of alkyl carbamates (subject to hydrolysis) is 1. The molecule has 0 aromatic carbocycles. The predicted molar refractivity (Wildman–Crippen MR) is 109 cm³/mol. The van der Waals surface area contributed by atoms with Gasteiger partial charge in [0.2, 0.25) is 5.91 Å². The lowest BCUT2D eigenvalue weighted by molar-refractivity contribution is -0.120. The van der Waals surface area contributed by atoms with E-state index in [4.69, 9.17) is 4.74 Å². The normalized spacial score (nSPS) is 22.8. The molecule has 1 heterocycles. The highest BCUT2D eigenvalue weighted by Gasteiger charge is 2.50. The Bertz CT molecular complexity index is 700. The molecule has 0 bridgehead atoms. The first-order valence-electron chi connectivity index (χ1n) is 11.1. The number of nitrogens with zero attached hydrogens (tertiary/aromatic N) is 3. The molecule has 2 amide bonds. The highest BCUT2D eigenvalue weighted by molar-refractivity contribution is 5.75. The Morgan fingerprint density at radius 2 is 1.93 bits per heavy atom. The number of ether oxygens (including phenoxy) is 1. The van der Waals surface area contributed by atoms with Crippen molar-refractivity contribution >= 4 is 12.0 Å². The molecule has 29 heavy (non-hydrogen) atoms. The van der Waals surface area contributed by atoms with Crippen molar-refractivity contribution in [1.82, 2.24) is 25.6 Å². The highest BCUT2D eigenvalue weighted by atomic mass is 16.5. The zero-order valence-electron chi connectivity index (χ0n) is 17.9. The lowest BCUT2D eigenvalue weighted by atomic mass is 10.0. The van der Waals surface area contributed by atoms with E-state index in [1.165, 1.54) is 5.69 Å². The molecule has 3 rings (SSSR count). The Morgan fingerprint density at radius 3 is 2.62 bits per heavy atom. The van der Waals surface area contributed by atoms with Crippen molar-refractivity contribution in [1.29, 1.82) is 0 Å². The number of carbonyl (C=O) groups excluding carboxylic acids is 2.